The van der Waals surface area contributed by atoms with Crippen molar-refractivity contribution < 1.29 is 9.59 Å². The van der Waals surface area contributed by atoms with Crippen molar-refractivity contribution in [2.24, 2.45) is 0 Å². The van der Waals surface area contributed by atoms with E-state index in [4.69, 9.17) is 11.6 Å². The van der Waals surface area contributed by atoms with Gasteiger partial charge in [-0.3, -0.25) is 14.9 Å². The standard InChI is InChI=1S/C16H23BClNO2/c1-4-7-13(16(21)19-11-20)12-8-6-9-14(15(12)18)17(3)10-5-2/h6,8-9,11,13H,4-5,7,10H2,1-3H3,(H,19,20,21). The van der Waals surface area contributed by atoms with Crippen LogP contribution in [0.2, 0.25) is 18.2 Å². The van der Waals surface area contributed by atoms with E-state index in [1.54, 1.807) is 0 Å². The molecule has 1 aromatic carbocycles. The fourth-order valence-electron chi connectivity index (χ4n) is 2.68. The molecule has 0 bridgehead atoms. The molecule has 0 aliphatic heterocycles. The van der Waals surface area contributed by atoms with E-state index in [2.05, 4.69) is 19.1 Å². The van der Waals surface area contributed by atoms with Gasteiger partial charge in [-0.2, -0.15) is 0 Å². The van der Waals surface area contributed by atoms with E-state index < -0.39 is 0 Å². The van der Waals surface area contributed by atoms with Crippen LogP contribution in [0.3, 0.4) is 0 Å². The summed E-state index contributed by atoms with van der Waals surface area (Å²) in [5, 5.41) is 2.92. The number of imide groups is 1. The molecular weight excluding hydrogens is 284 g/mol. The largest absolute Gasteiger partial charge is 0.299 e. The van der Waals surface area contributed by atoms with Gasteiger partial charge in [-0.1, -0.05) is 75.1 Å². The van der Waals surface area contributed by atoms with Crippen LogP contribution in [0.15, 0.2) is 18.2 Å². The Morgan fingerprint density at radius 3 is 2.67 bits per heavy atom. The van der Waals surface area contributed by atoms with Gasteiger partial charge in [-0.15, -0.1) is 0 Å². The molecule has 0 saturated carbocycles. The van der Waals surface area contributed by atoms with Gasteiger partial charge in [0.25, 0.3) is 0 Å². The smallest absolute Gasteiger partial charge is 0.233 e. The molecule has 0 heterocycles. The number of carbonyl (C=O) groups excluding carboxylic acids is 2. The van der Waals surface area contributed by atoms with E-state index in [0.29, 0.717) is 24.6 Å². The second-order valence-electron chi connectivity index (χ2n) is 5.41. The first-order chi connectivity index (χ1) is 10.1. The van der Waals surface area contributed by atoms with Crippen molar-refractivity contribution in [1.82, 2.24) is 5.32 Å². The number of carbonyl (C=O) groups is 2. The molecule has 21 heavy (non-hydrogen) atoms. The lowest BCUT2D eigenvalue weighted by Gasteiger charge is -2.19. The average Bonchev–Trinajstić information content (AvgIpc) is 2.46. The number of hydrogen-bond acceptors (Lipinski definition) is 2. The molecule has 0 aliphatic carbocycles. The summed E-state index contributed by atoms with van der Waals surface area (Å²) in [6.07, 6.45) is 4.10. The molecule has 3 nitrogen and oxygen atoms in total. The van der Waals surface area contributed by atoms with E-state index in [9.17, 15) is 9.59 Å². The zero-order chi connectivity index (χ0) is 15.8. The van der Waals surface area contributed by atoms with Gasteiger partial charge >= 0.3 is 0 Å². The van der Waals surface area contributed by atoms with E-state index in [-0.39, 0.29) is 11.8 Å². The maximum atomic E-state index is 12.1. The molecule has 1 aromatic rings. The Labute approximate surface area is 132 Å². The molecule has 114 valence electrons. The lowest BCUT2D eigenvalue weighted by atomic mass is 9.44. The Bertz CT molecular complexity index is 493. The van der Waals surface area contributed by atoms with E-state index >= 15 is 0 Å². The molecule has 2 amide bonds. The maximum absolute atomic E-state index is 12.1. The average molecular weight is 308 g/mol. The van der Waals surface area contributed by atoms with Gasteiger partial charge in [-0.25, -0.2) is 0 Å². The summed E-state index contributed by atoms with van der Waals surface area (Å²) in [6, 6.07) is 5.85. The van der Waals surface area contributed by atoms with Crippen LogP contribution >= 0.6 is 11.6 Å². The lowest BCUT2D eigenvalue weighted by molar-refractivity contribution is -0.126. The van der Waals surface area contributed by atoms with Crippen molar-refractivity contribution in [3.05, 3.63) is 28.8 Å². The SMILES string of the molecule is CCCB(C)c1cccc(C(CCC)C(=O)NC=O)c1Cl. The Kier molecular flexibility index (Phi) is 7.51. The molecular formula is C16H23BClNO2. The maximum Gasteiger partial charge on any atom is 0.233 e. The fraction of sp³-hybridized carbons (Fsp3) is 0.500. The van der Waals surface area contributed by atoms with Crippen LogP contribution in [-0.4, -0.2) is 19.0 Å². The summed E-state index contributed by atoms with van der Waals surface area (Å²) in [4.78, 5) is 22.6. The predicted molar refractivity (Wildman–Crippen MR) is 89.7 cm³/mol. The molecule has 1 N–H and O–H groups in total. The summed E-state index contributed by atoms with van der Waals surface area (Å²) in [6.45, 7) is 6.66. The highest BCUT2D eigenvalue weighted by molar-refractivity contribution is 6.74. The first kappa shape index (κ1) is 17.8. The Morgan fingerprint density at radius 1 is 1.38 bits per heavy atom. The molecule has 0 fully saturated rings. The normalized spacial score (nSPS) is 11.8. The molecule has 0 saturated heterocycles. The van der Waals surface area contributed by atoms with E-state index in [1.807, 2.05) is 25.1 Å². The number of amides is 2. The van der Waals surface area contributed by atoms with Gasteiger partial charge in [0, 0.05) is 5.02 Å². The van der Waals surface area contributed by atoms with Crippen molar-refractivity contribution in [3.8, 4) is 0 Å². The van der Waals surface area contributed by atoms with Crippen molar-refractivity contribution in [1.29, 1.82) is 0 Å². The second kappa shape index (κ2) is 8.88. The number of rotatable bonds is 8. The minimum atomic E-state index is -0.374. The van der Waals surface area contributed by atoms with E-state index in [1.165, 1.54) is 0 Å². The fourth-order valence-corrected chi connectivity index (χ4v) is 3.13. The highest BCUT2D eigenvalue weighted by atomic mass is 35.5. The third kappa shape index (κ3) is 4.60. The molecule has 0 aromatic heterocycles. The number of halogens is 1. The van der Waals surface area contributed by atoms with Crippen LogP contribution in [-0.2, 0) is 9.59 Å². The highest BCUT2D eigenvalue weighted by Crippen LogP contribution is 2.28. The highest BCUT2D eigenvalue weighted by Gasteiger charge is 2.24. The van der Waals surface area contributed by atoms with Gasteiger partial charge in [0.15, 0.2) is 6.71 Å². The van der Waals surface area contributed by atoms with Gasteiger partial charge in [0.05, 0.1) is 5.92 Å². The van der Waals surface area contributed by atoms with Crippen molar-refractivity contribution in [2.75, 3.05) is 0 Å². The minimum Gasteiger partial charge on any atom is -0.299 e. The lowest BCUT2D eigenvalue weighted by Crippen LogP contribution is -2.31. The van der Waals surface area contributed by atoms with Crippen molar-refractivity contribution in [2.45, 2.75) is 52.2 Å². The molecule has 1 rings (SSSR count). The first-order valence-electron chi connectivity index (χ1n) is 7.59. The summed E-state index contributed by atoms with van der Waals surface area (Å²) in [5.74, 6) is -0.657. The molecule has 1 unspecified atom stereocenters. The third-order valence-electron chi connectivity index (χ3n) is 3.78. The molecule has 0 aliphatic rings. The molecule has 5 heteroatoms. The zero-order valence-electron chi connectivity index (χ0n) is 13.0. The van der Waals surface area contributed by atoms with Crippen LogP contribution in [0.4, 0.5) is 0 Å². The topological polar surface area (TPSA) is 46.2 Å². The Hall–Kier alpha value is -1.29. The van der Waals surface area contributed by atoms with Crippen LogP contribution in [0.1, 0.15) is 44.6 Å². The van der Waals surface area contributed by atoms with Crippen molar-refractivity contribution in [3.63, 3.8) is 0 Å². The van der Waals surface area contributed by atoms with Crippen LogP contribution in [0.25, 0.3) is 0 Å². The Balaban J connectivity index is 3.17. The summed E-state index contributed by atoms with van der Waals surface area (Å²) >= 11 is 6.55. The zero-order valence-corrected chi connectivity index (χ0v) is 13.7. The molecule has 0 radical (unpaired) electrons. The first-order valence-corrected chi connectivity index (χ1v) is 7.96. The van der Waals surface area contributed by atoms with Gasteiger partial charge < -0.3 is 0 Å². The number of benzene rings is 1. The minimum absolute atomic E-state index is 0.283. The summed E-state index contributed by atoms with van der Waals surface area (Å²) in [7, 11) is 0. The quantitative estimate of drug-likeness (QED) is 0.592. The number of hydrogen-bond donors (Lipinski definition) is 1. The number of nitrogens with one attached hydrogen (secondary N) is 1. The summed E-state index contributed by atoms with van der Waals surface area (Å²) < 4.78 is 0. The molecule has 0 spiro atoms. The predicted octanol–water partition coefficient (Wildman–Crippen LogP) is 3.24. The van der Waals surface area contributed by atoms with E-state index in [0.717, 1.165) is 30.2 Å². The van der Waals surface area contributed by atoms with Crippen LogP contribution in [0, 0.1) is 0 Å². The second-order valence-corrected chi connectivity index (χ2v) is 5.79. The van der Waals surface area contributed by atoms with Crippen LogP contribution in [0.5, 0.6) is 0 Å². The van der Waals surface area contributed by atoms with Crippen LogP contribution < -0.4 is 10.8 Å². The van der Waals surface area contributed by atoms with Crippen molar-refractivity contribution >= 4 is 36.1 Å². The van der Waals surface area contributed by atoms with Gasteiger partial charge in [0.1, 0.15) is 0 Å². The van der Waals surface area contributed by atoms with Gasteiger partial charge in [0.2, 0.25) is 12.3 Å². The molecule has 1 atom stereocenters. The summed E-state index contributed by atoms with van der Waals surface area (Å²) in [5.41, 5.74) is 1.90. The Morgan fingerprint density at radius 2 is 2.10 bits per heavy atom. The third-order valence-corrected chi connectivity index (χ3v) is 4.22. The van der Waals surface area contributed by atoms with Gasteiger partial charge in [-0.05, 0) is 12.0 Å². The monoisotopic (exact) mass is 307 g/mol.